The summed E-state index contributed by atoms with van der Waals surface area (Å²) in [6.45, 7) is 1.23. The number of aromatic nitrogens is 1. The van der Waals surface area contributed by atoms with Gasteiger partial charge in [-0.25, -0.2) is 4.79 Å². The Kier molecular flexibility index (Phi) is 6.64. The minimum atomic E-state index is -0.235. The first-order valence-electron chi connectivity index (χ1n) is 8.27. The molecule has 3 rings (SSSR count). The molecule has 0 aliphatic carbocycles. The SMILES string of the molecule is O=C(NCc1ccncc1)Nc1cccc(SNCc2ccccc2)c1. The molecule has 132 valence electrons. The van der Waals surface area contributed by atoms with E-state index in [9.17, 15) is 4.79 Å². The van der Waals surface area contributed by atoms with E-state index < -0.39 is 0 Å². The van der Waals surface area contributed by atoms with Gasteiger partial charge in [-0.1, -0.05) is 36.4 Å². The van der Waals surface area contributed by atoms with E-state index in [2.05, 4.69) is 32.5 Å². The van der Waals surface area contributed by atoms with E-state index >= 15 is 0 Å². The molecule has 0 saturated heterocycles. The highest BCUT2D eigenvalue weighted by Gasteiger charge is 2.03. The second-order valence-corrected chi connectivity index (χ2v) is 6.56. The number of carbonyl (C=O) groups excluding carboxylic acids is 1. The first kappa shape index (κ1) is 18.0. The van der Waals surface area contributed by atoms with Gasteiger partial charge in [0.1, 0.15) is 0 Å². The van der Waals surface area contributed by atoms with Gasteiger partial charge < -0.3 is 10.6 Å². The van der Waals surface area contributed by atoms with E-state index in [1.807, 2.05) is 54.6 Å². The van der Waals surface area contributed by atoms with Gasteiger partial charge >= 0.3 is 6.03 Å². The highest BCUT2D eigenvalue weighted by Crippen LogP contribution is 2.19. The highest BCUT2D eigenvalue weighted by atomic mass is 32.2. The highest BCUT2D eigenvalue weighted by molar-refractivity contribution is 7.97. The van der Waals surface area contributed by atoms with E-state index in [1.54, 1.807) is 12.4 Å². The zero-order valence-electron chi connectivity index (χ0n) is 14.2. The number of nitrogens with one attached hydrogen (secondary N) is 3. The van der Waals surface area contributed by atoms with Crippen molar-refractivity contribution in [3.8, 4) is 0 Å². The Labute approximate surface area is 157 Å². The third-order valence-corrected chi connectivity index (χ3v) is 4.38. The quantitative estimate of drug-likeness (QED) is 0.550. The number of carbonyl (C=O) groups is 1. The zero-order valence-corrected chi connectivity index (χ0v) is 15.0. The Hall–Kier alpha value is -2.83. The predicted molar refractivity (Wildman–Crippen MR) is 106 cm³/mol. The Balaban J connectivity index is 1.46. The molecule has 6 heteroatoms. The van der Waals surface area contributed by atoms with Crippen LogP contribution >= 0.6 is 11.9 Å². The van der Waals surface area contributed by atoms with Gasteiger partial charge in [0.05, 0.1) is 0 Å². The van der Waals surface area contributed by atoms with Crippen molar-refractivity contribution < 1.29 is 4.79 Å². The molecular formula is C20H20N4OS. The van der Waals surface area contributed by atoms with Gasteiger partial charge in [-0.3, -0.25) is 9.71 Å². The summed E-state index contributed by atoms with van der Waals surface area (Å²) in [7, 11) is 0. The fourth-order valence-corrected chi connectivity index (χ4v) is 3.03. The molecular weight excluding hydrogens is 344 g/mol. The lowest BCUT2D eigenvalue weighted by Gasteiger charge is -2.09. The molecule has 0 fully saturated rings. The summed E-state index contributed by atoms with van der Waals surface area (Å²) in [6.07, 6.45) is 3.41. The van der Waals surface area contributed by atoms with Gasteiger partial charge in [-0.2, -0.15) is 0 Å². The summed E-state index contributed by atoms with van der Waals surface area (Å²) in [5, 5.41) is 5.69. The third-order valence-electron chi connectivity index (χ3n) is 3.60. The summed E-state index contributed by atoms with van der Waals surface area (Å²) in [6, 6.07) is 21.5. The third kappa shape index (κ3) is 5.91. The first-order valence-corrected chi connectivity index (χ1v) is 9.09. The van der Waals surface area contributed by atoms with Gasteiger partial charge in [-0.15, -0.1) is 0 Å². The largest absolute Gasteiger partial charge is 0.334 e. The van der Waals surface area contributed by atoms with Crippen molar-refractivity contribution in [2.45, 2.75) is 18.0 Å². The summed E-state index contributed by atoms with van der Waals surface area (Å²) < 4.78 is 3.33. The molecule has 2 amide bonds. The van der Waals surface area contributed by atoms with Crippen molar-refractivity contribution in [2.24, 2.45) is 0 Å². The Morgan fingerprint density at radius 1 is 0.885 bits per heavy atom. The Bertz CT molecular complexity index is 827. The maximum Gasteiger partial charge on any atom is 0.319 e. The lowest BCUT2D eigenvalue weighted by molar-refractivity contribution is 0.251. The molecule has 0 spiro atoms. The predicted octanol–water partition coefficient (Wildman–Crippen LogP) is 4.20. The summed E-state index contributed by atoms with van der Waals surface area (Å²) >= 11 is 1.54. The van der Waals surface area contributed by atoms with Crippen molar-refractivity contribution in [1.29, 1.82) is 0 Å². The molecule has 3 N–H and O–H groups in total. The van der Waals surface area contributed by atoms with Crippen LogP contribution in [-0.2, 0) is 13.1 Å². The standard InChI is InChI=1S/C20H20N4OS/c25-20(22-14-17-9-11-21-12-10-17)24-18-7-4-8-19(13-18)26-23-15-16-5-2-1-3-6-16/h1-13,23H,14-15H2,(H2,22,24,25). The molecule has 0 unspecified atom stereocenters. The average molecular weight is 364 g/mol. The lowest BCUT2D eigenvalue weighted by Crippen LogP contribution is -2.28. The molecule has 1 heterocycles. The van der Waals surface area contributed by atoms with E-state index in [0.717, 1.165) is 22.7 Å². The first-order chi connectivity index (χ1) is 12.8. The van der Waals surface area contributed by atoms with Crippen LogP contribution in [0.15, 0.2) is 84.0 Å². The fraction of sp³-hybridized carbons (Fsp3) is 0.100. The normalized spacial score (nSPS) is 10.3. The van der Waals surface area contributed by atoms with Gasteiger partial charge in [0.15, 0.2) is 0 Å². The smallest absolute Gasteiger partial charge is 0.319 e. The molecule has 0 saturated carbocycles. The van der Waals surface area contributed by atoms with Crippen LogP contribution in [0.25, 0.3) is 0 Å². The van der Waals surface area contributed by atoms with Crippen molar-refractivity contribution >= 4 is 23.7 Å². The number of hydrogen-bond donors (Lipinski definition) is 3. The minimum absolute atomic E-state index is 0.235. The second kappa shape index (κ2) is 9.60. The minimum Gasteiger partial charge on any atom is -0.334 e. The van der Waals surface area contributed by atoms with E-state index in [4.69, 9.17) is 0 Å². The fourth-order valence-electron chi connectivity index (χ4n) is 2.29. The van der Waals surface area contributed by atoms with Gasteiger partial charge in [0, 0.05) is 36.1 Å². The monoisotopic (exact) mass is 364 g/mol. The number of urea groups is 1. The average Bonchev–Trinajstić information content (AvgIpc) is 2.68. The van der Waals surface area contributed by atoms with Crippen LogP contribution in [0.1, 0.15) is 11.1 Å². The number of nitrogens with zero attached hydrogens (tertiary/aromatic N) is 1. The van der Waals surface area contributed by atoms with E-state index in [0.29, 0.717) is 6.54 Å². The lowest BCUT2D eigenvalue weighted by atomic mass is 10.2. The summed E-state index contributed by atoms with van der Waals surface area (Å²) in [5.74, 6) is 0. The van der Waals surface area contributed by atoms with Gasteiger partial charge in [0.25, 0.3) is 0 Å². The number of amides is 2. The van der Waals surface area contributed by atoms with Crippen molar-refractivity contribution in [3.63, 3.8) is 0 Å². The van der Waals surface area contributed by atoms with Crippen molar-refractivity contribution in [2.75, 3.05) is 5.32 Å². The molecule has 2 aromatic carbocycles. The van der Waals surface area contributed by atoms with Crippen LogP contribution in [0, 0.1) is 0 Å². The summed E-state index contributed by atoms with van der Waals surface area (Å²) in [4.78, 5) is 17.0. The molecule has 0 bridgehead atoms. The number of hydrogen-bond acceptors (Lipinski definition) is 4. The summed E-state index contributed by atoms with van der Waals surface area (Å²) in [5.41, 5.74) is 2.98. The van der Waals surface area contributed by atoms with Crippen LogP contribution in [-0.4, -0.2) is 11.0 Å². The number of anilines is 1. The Morgan fingerprint density at radius 3 is 2.46 bits per heavy atom. The number of pyridine rings is 1. The molecule has 5 nitrogen and oxygen atoms in total. The van der Waals surface area contributed by atoms with Crippen molar-refractivity contribution in [3.05, 3.63) is 90.3 Å². The Morgan fingerprint density at radius 2 is 1.65 bits per heavy atom. The van der Waals surface area contributed by atoms with Crippen LogP contribution < -0.4 is 15.4 Å². The number of rotatable bonds is 7. The van der Waals surface area contributed by atoms with E-state index in [1.165, 1.54) is 17.5 Å². The molecule has 0 radical (unpaired) electrons. The molecule has 26 heavy (non-hydrogen) atoms. The van der Waals surface area contributed by atoms with E-state index in [-0.39, 0.29) is 6.03 Å². The maximum atomic E-state index is 12.0. The van der Waals surface area contributed by atoms with Crippen LogP contribution in [0.3, 0.4) is 0 Å². The number of benzene rings is 2. The zero-order chi connectivity index (χ0) is 18.0. The molecule has 0 aliphatic heterocycles. The molecule has 0 atom stereocenters. The van der Waals surface area contributed by atoms with Gasteiger partial charge in [-0.05, 0) is 53.4 Å². The van der Waals surface area contributed by atoms with Crippen LogP contribution in [0.4, 0.5) is 10.5 Å². The van der Waals surface area contributed by atoms with Gasteiger partial charge in [0.2, 0.25) is 0 Å². The van der Waals surface area contributed by atoms with Crippen LogP contribution in [0.5, 0.6) is 0 Å². The topological polar surface area (TPSA) is 66.0 Å². The van der Waals surface area contributed by atoms with Crippen LogP contribution in [0.2, 0.25) is 0 Å². The molecule has 0 aliphatic rings. The maximum absolute atomic E-state index is 12.0. The molecule has 1 aromatic heterocycles. The molecule has 3 aromatic rings. The second-order valence-electron chi connectivity index (χ2n) is 5.60. The van der Waals surface area contributed by atoms with Crippen molar-refractivity contribution in [1.82, 2.24) is 15.0 Å².